The van der Waals surface area contributed by atoms with Gasteiger partial charge in [-0.2, -0.15) is 11.8 Å². The molecule has 0 aliphatic carbocycles. The predicted molar refractivity (Wildman–Crippen MR) is 77.2 cm³/mol. The lowest BCUT2D eigenvalue weighted by Crippen LogP contribution is -2.06. The Hall–Kier alpha value is -1.75. The summed E-state index contributed by atoms with van der Waals surface area (Å²) in [6.07, 6.45) is 0.680. The van der Waals surface area contributed by atoms with Gasteiger partial charge in [0.05, 0.1) is 12.8 Å². The van der Waals surface area contributed by atoms with Crippen molar-refractivity contribution >= 4 is 17.6 Å². The van der Waals surface area contributed by atoms with E-state index in [1.165, 1.54) is 0 Å². The molecular weight excluding hydrogens is 258 g/mol. The van der Waals surface area contributed by atoms with Gasteiger partial charge in [0, 0.05) is 23.5 Å². The zero-order valence-electron chi connectivity index (χ0n) is 10.7. The van der Waals surface area contributed by atoms with Gasteiger partial charge in [0.1, 0.15) is 17.4 Å². The highest BCUT2D eigenvalue weighted by Gasteiger charge is 2.18. The summed E-state index contributed by atoms with van der Waals surface area (Å²) in [6.45, 7) is 0. The Bertz CT molecular complexity index is 616. The molecule has 5 heteroatoms. The van der Waals surface area contributed by atoms with Crippen LogP contribution in [-0.2, 0) is 17.9 Å². The summed E-state index contributed by atoms with van der Waals surface area (Å²) < 4.78 is 5.22. The molecule has 2 aromatic rings. The first kappa shape index (κ1) is 12.3. The molecule has 3 rings (SSSR count). The van der Waals surface area contributed by atoms with Crippen molar-refractivity contribution in [1.29, 1.82) is 0 Å². The summed E-state index contributed by atoms with van der Waals surface area (Å²) in [5.41, 5.74) is 9.33. The smallest absolute Gasteiger partial charge is 0.135 e. The van der Waals surface area contributed by atoms with Crippen molar-refractivity contribution in [3.8, 4) is 5.75 Å². The molecule has 1 aromatic carbocycles. The minimum absolute atomic E-state index is 0.632. The number of aromatic nitrogens is 2. The summed E-state index contributed by atoms with van der Waals surface area (Å²) in [6, 6.07) is 7.95. The zero-order chi connectivity index (χ0) is 13.2. The SMILES string of the molecule is COc1cccc(Cc2nc(N)c3c(n2)CSC3)c1. The lowest BCUT2D eigenvalue weighted by atomic mass is 10.1. The van der Waals surface area contributed by atoms with Crippen LogP contribution in [0.25, 0.3) is 0 Å². The van der Waals surface area contributed by atoms with Crippen LogP contribution in [0.4, 0.5) is 5.82 Å². The van der Waals surface area contributed by atoms with Crippen LogP contribution in [0.1, 0.15) is 22.6 Å². The van der Waals surface area contributed by atoms with E-state index in [2.05, 4.69) is 9.97 Å². The maximum Gasteiger partial charge on any atom is 0.135 e. The standard InChI is InChI=1S/C14H15N3OS/c1-18-10-4-2-3-9(5-10)6-13-16-12-8-19-7-11(12)14(15)17-13/h2-5H,6-8H2,1H3,(H2,15,16,17). The largest absolute Gasteiger partial charge is 0.497 e. The third-order valence-corrected chi connectivity index (χ3v) is 4.12. The number of thioether (sulfide) groups is 1. The lowest BCUT2D eigenvalue weighted by molar-refractivity contribution is 0.414. The number of rotatable bonds is 3. The molecule has 4 nitrogen and oxygen atoms in total. The second-order valence-electron chi connectivity index (χ2n) is 4.47. The van der Waals surface area contributed by atoms with Crippen LogP contribution in [0.15, 0.2) is 24.3 Å². The van der Waals surface area contributed by atoms with Crippen molar-refractivity contribution in [3.05, 3.63) is 46.9 Å². The second kappa shape index (κ2) is 5.09. The Morgan fingerprint density at radius 2 is 2.21 bits per heavy atom. The lowest BCUT2D eigenvalue weighted by Gasteiger charge is -2.07. The van der Waals surface area contributed by atoms with Crippen molar-refractivity contribution in [2.75, 3.05) is 12.8 Å². The van der Waals surface area contributed by atoms with Gasteiger partial charge in [-0.25, -0.2) is 9.97 Å². The maximum absolute atomic E-state index is 5.99. The van der Waals surface area contributed by atoms with Gasteiger partial charge in [0.15, 0.2) is 0 Å². The number of fused-ring (bicyclic) bond motifs is 1. The van der Waals surface area contributed by atoms with E-state index in [-0.39, 0.29) is 0 Å². The van der Waals surface area contributed by atoms with Crippen molar-refractivity contribution in [3.63, 3.8) is 0 Å². The zero-order valence-corrected chi connectivity index (χ0v) is 11.5. The highest BCUT2D eigenvalue weighted by Crippen LogP contribution is 2.31. The van der Waals surface area contributed by atoms with Crippen LogP contribution in [0, 0.1) is 0 Å². The summed E-state index contributed by atoms with van der Waals surface area (Å²) >= 11 is 1.84. The Kier molecular flexibility index (Phi) is 3.29. The maximum atomic E-state index is 5.99. The third-order valence-electron chi connectivity index (χ3n) is 3.15. The second-order valence-corrected chi connectivity index (χ2v) is 5.46. The van der Waals surface area contributed by atoms with Gasteiger partial charge in [0.25, 0.3) is 0 Å². The quantitative estimate of drug-likeness (QED) is 0.930. The third kappa shape index (κ3) is 2.51. The molecule has 1 aliphatic rings. The molecule has 0 radical (unpaired) electrons. The molecule has 0 saturated carbocycles. The Balaban J connectivity index is 1.89. The summed E-state index contributed by atoms with van der Waals surface area (Å²) in [5, 5.41) is 0. The van der Waals surface area contributed by atoms with Gasteiger partial charge in [-0.05, 0) is 17.7 Å². The predicted octanol–water partition coefficient (Wildman–Crippen LogP) is 2.41. The number of methoxy groups -OCH3 is 1. The molecule has 2 N–H and O–H groups in total. The van der Waals surface area contributed by atoms with Gasteiger partial charge in [0.2, 0.25) is 0 Å². The molecule has 0 amide bonds. The van der Waals surface area contributed by atoms with E-state index in [4.69, 9.17) is 10.5 Å². The van der Waals surface area contributed by atoms with Gasteiger partial charge >= 0.3 is 0 Å². The first-order valence-corrected chi connectivity index (χ1v) is 7.26. The van der Waals surface area contributed by atoms with E-state index >= 15 is 0 Å². The number of hydrogen-bond donors (Lipinski definition) is 1. The normalized spacial score (nSPS) is 13.3. The van der Waals surface area contributed by atoms with Crippen molar-refractivity contribution < 1.29 is 4.74 Å². The fraction of sp³-hybridized carbons (Fsp3) is 0.286. The van der Waals surface area contributed by atoms with Gasteiger partial charge in [-0.1, -0.05) is 12.1 Å². The van der Waals surface area contributed by atoms with Crippen LogP contribution in [0.2, 0.25) is 0 Å². The van der Waals surface area contributed by atoms with Crippen LogP contribution < -0.4 is 10.5 Å². The molecule has 0 fully saturated rings. The van der Waals surface area contributed by atoms with Crippen molar-refractivity contribution in [2.24, 2.45) is 0 Å². The van der Waals surface area contributed by atoms with Crippen molar-refractivity contribution in [1.82, 2.24) is 9.97 Å². The Morgan fingerprint density at radius 1 is 1.32 bits per heavy atom. The number of anilines is 1. The molecule has 0 bridgehead atoms. The molecule has 0 atom stereocenters. The first-order chi connectivity index (χ1) is 9.26. The molecular formula is C14H15N3OS. The number of nitrogens with two attached hydrogens (primary N) is 1. The average Bonchev–Trinajstić information content (AvgIpc) is 2.88. The number of benzene rings is 1. The molecule has 0 saturated heterocycles. The molecule has 2 heterocycles. The summed E-state index contributed by atoms with van der Waals surface area (Å²) in [4.78, 5) is 9.02. The van der Waals surface area contributed by atoms with E-state index in [0.29, 0.717) is 12.2 Å². The molecule has 19 heavy (non-hydrogen) atoms. The fourth-order valence-corrected chi connectivity index (χ4v) is 3.23. The van der Waals surface area contributed by atoms with Gasteiger partial charge in [-0.15, -0.1) is 0 Å². The van der Waals surface area contributed by atoms with Crippen LogP contribution >= 0.6 is 11.8 Å². The number of hydrogen-bond acceptors (Lipinski definition) is 5. The molecule has 0 unspecified atom stereocenters. The molecule has 0 spiro atoms. The van der Waals surface area contributed by atoms with E-state index < -0.39 is 0 Å². The highest BCUT2D eigenvalue weighted by molar-refractivity contribution is 7.98. The summed E-state index contributed by atoms with van der Waals surface area (Å²) in [7, 11) is 1.67. The van der Waals surface area contributed by atoms with Crippen LogP contribution in [-0.4, -0.2) is 17.1 Å². The molecule has 98 valence electrons. The van der Waals surface area contributed by atoms with Crippen LogP contribution in [0.3, 0.4) is 0 Å². The molecule has 1 aromatic heterocycles. The molecule has 1 aliphatic heterocycles. The van der Waals surface area contributed by atoms with Gasteiger partial charge in [-0.3, -0.25) is 0 Å². The number of nitrogens with zero attached hydrogens (tertiary/aromatic N) is 2. The first-order valence-electron chi connectivity index (χ1n) is 6.11. The Labute approximate surface area is 116 Å². The van der Waals surface area contributed by atoms with Crippen molar-refractivity contribution in [2.45, 2.75) is 17.9 Å². The van der Waals surface area contributed by atoms with E-state index in [9.17, 15) is 0 Å². The minimum Gasteiger partial charge on any atom is -0.497 e. The van der Waals surface area contributed by atoms with E-state index in [1.807, 2.05) is 36.0 Å². The van der Waals surface area contributed by atoms with E-state index in [1.54, 1.807) is 7.11 Å². The van der Waals surface area contributed by atoms with Crippen LogP contribution in [0.5, 0.6) is 5.75 Å². The minimum atomic E-state index is 0.632. The topological polar surface area (TPSA) is 61.0 Å². The summed E-state index contributed by atoms with van der Waals surface area (Å²) in [5.74, 6) is 4.13. The number of ether oxygens (including phenoxy) is 1. The average molecular weight is 273 g/mol. The fourth-order valence-electron chi connectivity index (χ4n) is 2.17. The number of nitrogen functional groups attached to an aromatic ring is 1. The highest BCUT2D eigenvalue weighted by atomic mass is 32.2. The Morgan fingerprint density at radius 3 is 3.05 bits per heavy atom. The van der Waals surface area contributed by atoms with Gasteiger partial charge < -0.3 is 10.5 Å². The van der Waals surface area contributed by atoms with E-state index in [0.717, 1.165) is 39.9 Å². The monoisotopic (exact) mass is 273 g/mol.